The van der Waals surface area contributed by atoms with Crippen LogP contribution >= 0.6 is 0 Å². The molecule has 2 aromatic rings. The van der Waals surface area contributed by atoms with Crippen LogP contribution in [0.5, 0.6) is 0 Å². The topological polar surface area (TPSA) is 84.9 Å². The van der Waals surface area contributed by atoms with Gasteiger partial charge in [-0.3, -0.25) is 14.8 Å². The van der Waals surface area contributed by atoms with Crippen LogP contribution in [0.3, 0.4) is 0 Å². The van der Waals surface area contributed by atoms with Crippen LogP contribution in [0.15, 0.2) is 60.7 Å². The summed E-state index contributed by atoms with van der Waals surface area (Å²) in [5.41, 5.74) is 1.34. The van der Waals surface area contributed by atoms with Gasteiger partial charge in [0.05, 0.1) is 18.4 Å². The molecule has 0 aliphatic carbocycles. The van der Waals surface area contributed by atoms with E-state index in [-0.39, 0.29) is 18.9 Å². The number of hydrogen-bond donors (Lipinski definition) is 2. The fourth-order valence-corrected chi connectivity index (χ4v) is 3.20. The third kappa shape index (κ3) is 8.76. The number of ether oxygens (including phenoxy) is 1. The van der Waals surface area contributed by atoms with Gasteiger partial charge in [0.25, 0.3) is 0 Å². The van der Waals surface area contributed by atoms with Crippen molar-refractivity contribution in [2.45, 2.75) is 51.7 Å². The number of carbonyl (C=O) groups excluding carboxylic acids is 2. The molecule has 0 radical (unpaired) electrons. The summed E-state index contributed by atoms with van der Waals surface area (Å²) in [5, 5.41) is 11.9. The second kappa shape index (κ2) is 11.5. The monoisotopic (exact) mass is 413 g/mol. The molecule has 2 aromatic carbocycles. The van der Waals surface area contributed by atoms with Crippen LogP contribution in [0.2, 0.25) is 0 Å². The minimum absolute atomic E-state index is 0.0317. The highest BCUT2D eigenvalue weighted by Gasteiger charge is 2.27. The van der Waals surface area contributed by atoms with E-state index < -0.39 is 23.5 Å². The summed E-state index contributed by atoms with van der Waals surface area (Å²) in [6.07, 6.45) is 0.873. The van der Waals surface area contributed by atoms with Gasteiger partial charge >= 0.3 is 5.97 Å². The molecule has 6 nitrogen and oxygen atoms in total. The van der Waals surface area contributed by atoms with Crippen LogP contribution in [-0.2, 0) is 32.1 Å². The molecule has 0 aromatic heterocycles. The van der Waals surface area contributed by atoms with Gasteiger partial charge in [0.1, 0.15) is 12.2 Å². The normalized spacial score (nSPS) is 13.3. The van der Waals surface area contributed by atoms with Crippen LogP contribution in [-0.4, -0.2) is 35.4 Å². The van der Waals surface area contributed by atoms with Crippen LogP contribution in [0, 0.1) is 5.92 Å². The zero-order valence-corrected chi connectivity index (χ0v) is 17.8. The van der Waals surface area contributed by atoms with Crippen molar-refractivity contribution >= 4 is 11.9 Å². The van der Waals surface area contributed by atoms with Gasteiger partial charge in [0.2, 0.25) is 5.91 Å². The van der Waals surface area contributed by atoms with E-state index in [1.165, 1.54) is 0 Å². The van der Waals surface area contributed by atoms with E-state index in [2.05, 4.69) is 10.2 Å². The van der Waals surface area contributed by atoms with Crippen molar-refractivity contribution in [2.75, 3.05) is 6.61 Å². The molecule has 0 saturated heterocycles. The highest BCUT2D eigenvalue weighted by atomic mass is 17.1. The van der Waals surface area contributed by atoms with E-state index in [1.807, 2.05) is 60.7 Å². The average Bonchev–Trinajstić information content (AvgIpc) is 2.68. The fraction of sp³-hybridized carbons (Fsp3) is 0.417. The predicted molar refractivity (Wildman–Crippen MR) is 115 cm³/mol. The predicted octanol–water partition coefficient (Wildman–Crippen LogP) is 3.79. The van der Waals surface area contributed by atoms with Crippen molar-refractivity contribution in [3.8, 4) is 0 Å². The Kier molecular flexibility index (Phi) is 9.02. The molecule has 162 valence electrons. The quantitative estimate of drug-likeness (QED) is 0.352. The van der Waals surface area contributed by atoms with Gasteiger partial charge in [-0.05, 0) is 44.7 Å². The first-order chi connectivity index (χ1) is 14.3. The summed E-state index contributed by atoms with van der Waals surface area (Å²) in [5.74, 6) is -1.29. The second-order valence-electron chi connectivity index (χ2n) is 8.37. The highest BCUT2D eigenvalue weighted by molar-refractivity contribution is 5.84. The molecule has 6 heteroatoms. The molecule has 0 fully saturated rings. The van der Waals surface area contributed by atoms with Crippen molar-refractivity contribution in [2.24, 2.45) is 5.92 Å². The van der Waals surface area contributed by atoms with Crippen molar-refractivity contribution in [1.29, 1.82) is 0 Å². The summed E-state index contributed by atoms with van der Waals surface area (Å²) < 4.78 is 5.42. The largest absolute Gasteiger partial charge is 0.460 e. The molecular weight excluding hydrogens is 382 g/mol. The van der Waals surface area contributed by atoms with E-state index in [1.54, 1.807) is 20.8 Å². The van der Waals surface area contributed by atoms with E-state index >= 15 is 0 Å². The van der Waals surface area contributed by atoms with Gasteiger partial charge in [0.15, 0.2) is 0 Å². The lowest BCUT2D eigenvalue weighted by Gasteiger charge is -2.24. The van der Waals surface area contributed by atoms with Crippen molar-refractivity contribution in [3.63, 3.8) is 0 Å². The van der Waals surface area contributed by atoms with E-state index in [4.69, 9.17) is 9.99 Å². The molecule has 0 spiro atoms. The number of amides is 1. The van der Waals surface area contributed by atoms with Crippen LogP contribution in [0.25, 0.3) is 0 Å². The third-order valence-corrected chi connectivity index (χ3v) is 4.48. The minimum Gasteiger partial charge on any atom is -0.460 e. The zero-order chi connectivity index (χ0) is 22.0. The lowest BCUT2D eigenvalue weighted by atomic mass is 9.94. The maximum Gasteiger partial charge on any atom is 0.307 e. The highest BCUT2D eigenvalue weighted by Crippen LogP contribution is 2.17. The molecule has 0 aliphatic heterocycles. The number of benzene rings is 2. The summed E-state index contributed by atoms with van der Waals surface area (Å²) in [7, 11) is 0. The summed E-state index contributed by atoms with van der Waals surface area (Å²) in [4.78, 5) is 29.8. The number of esters is 1. The molecular formula is C24H31NO5. The average molecular weight is 414 g/mol. The number of hydrogen-bond acceptors (Lipinski definition) is 5. The van der Waals surface area contributed by atoms with E-state index in [9.17, 15) is 9.59 Å². The van der Waals surface area contributed by atoms with Gasteiger partial charge in [-0.25, -0.2) is 4.89 Å². The van der Waals surface area contributed by atoms with Gasteiger partial charge < -0.3 is 10.1 Å². The molecule has 0 aliphatic rings. The summed E-state index contributed by atoms with van der Waals surface area (Å²) in [6.45, 7) is 5.34. The van der Waals surface area contributed by atoms with Crippen molar-refractivity contribution in [3.05, 3.63) is 71.8 Å². The van der Waals surface area contributed by atoms with Crippen LogP contribution in [0.4, 0.5) is 0 Å². The summed E-state index contributed by atoms with van der Waals surface area (Å²) in [6, 6.07) is 18.7. The SMILES string of the molecule is CC(C)(C)OC(=O)C[C@H](Cc1ccccc1)C(=O)N[C@@H](COO)Cc1ccccc1. The maximum atomic E-state index is 13.1. The fourth-order valence-electron chi connectivity index (χ4n) is 3.20. The Hall–Kier alpha value is -2.70. The van der Waals surface area contributed by atoms with Crippen molar-refractivity contribution in [1.82, 2.24) is 5.32 Å². The van der Waals surface area contributed by atoms with E-state index in [0.29, 0.717) is 12.8 Å². The molecule has 30 heavy (non-hydrogen) atoms. The molecule has 2 N–H and O–H groups in total. The Balaban J connectivity index is 2.11. The molecule has 0 saturated carbocycles. The number of nitrogens with one attached hydrogen (secondary N) is 1. The summed E-state index contributed by atoms with van der Waals surface area (Å²) >= 11 is 0. The Morgan fingerprint density at radius 2 is 1.47 bits per heavy atom. The Labute approximate surface area is 178 Å². The molecule has 0 bridgehead atoms. The minimum atomic E-state index is -0.620. The molecule has 2 rings (SSSR count). The molecule has 1 amide bonds. The second-order valence-corrected chi connectivity index (χ2v) is 8.37. The Bertz CT molecular complexity index is 786. The Morgan fingerprint density at radius 3 is 1.97 bits per heavy atom. The first kappa shape index (κ1) is 23.6. The van der Waals surface area contributed by atoms with Gasteiger partial charge in [-0.1, -0.05) is 60.7 Å². The lowest BCUT2D eigenvalue weighted by Crippen LogP contribution is -2.44. The zero-order valence-electron chi connectivity index (χ0n) is 17.8. The number of carbonyl (C=O) groups is 2. The van der Waals surface area contributed by atoms with Crippen molar-refractivity contribution < 1.29 is 24.5 Å². The molecule has 0 unspecified atom stereocenters. The Morgan fingerprint density at radius 1 is 0.933 bits per heavy atom. The maximum absolute atomic E-state index is 13.1. The lowest BCUT2D eigenvalue weighted by molar-refractivity contribution is -0.246. The van der Waals surface area contributed by atoms with Gasteiger partial charge in [-0.15, -0.1) is 0 Å². The third-order valence-electron chi connectivity index (χ3n) is 4.48. The molecule has 0 heterocycles. The van der Waals surface area contributed by atoms with Gasteiger partial charge in [-0.2, -0.15) is 0 Å². The van der Waals surface area contributed by atoms with Crippen LogP contribution in [0.1, 0.15) is 38.3 Å². The number of rotatable bonds is 10. The van der Waals surface area contributed by atoms with Gasteiger partial charge in [0, 0.05) is 0 Å². The van der Waals surface area contributed by atoms with E-state index in [0.717, 1.165) is 11.1 Å². The standard InChI is InChI=1S/C24H31NO5/c1-24(2,3)30-22(26)16-20(14-18-10-6-4-7-11-18)23(27)25-21(17-29-28)15-19-12-8-5-9-13-19/h4-13,20-21,28H,14-17H2,1-3H3,(H,25,27)/t20-,21+/m0/s1. The first-order valence-corrected chi connectivity index (χ1v) is 10.1. The molecule has 2 atom stereocenters. The van der Waals surface area contributed by atoms with Crippen LogP contribution < -0.4 is 5.32 Å². The first-order valence-electron chi connectivity index (χ1n) is 10.1. The smallest absolute Gasteiger partial charge is 0.307 e.